The van der Waals surface area contributed by atoms with Crippen LogP contribution in [0, 0.1) is 0 Å². The first-order valence-electron chi connectivity index (χ1n) is 6.21. The fourth-order valence-corrected chi connectivity index (χ4v) is 3.63. The van der Waals surface area contributed by atoms with Crippen molar-refractivity contribution in [3.63, 3.8) is 0 Å². The molecule has 1 aromatic carbocycles. The second-order valence-electron chi connectivity index (χ2n) is 4.85. The van der Waals surface area contributed by atoms with Gasteiger partial charge in [-0.15, -0.1) is 12.4 Å². The van der Waals surface area contributed by atoms with Gasteiger partial charge in [0.05, 0.1) is 11.8 Å². The summed E-state index contributed by atoms with van der Waals surface area (Å²) in [6.07, 6.45) is 3.77. The van der Waals surface area contributed by atoms with Gasteiger partial charge in [-0.2, -0.15) is 0 Å². The predicted molar refractivity (Wildman–Crippen MR) is 88.6 cm³/mol. The minimum atomic E-state index is -0.104. The highest BCUT2D eigenvalue weighted by Gasteiger charge is 2.19. The molecule has 19 heavy (non-hydrogen) atoms. The molecule has 0 unspecified atom stereocenters. The van der Waals surface area contributed by atoms with Crippen LogP contribution in [0.4, 0.5) is 5.69 Å². The summed E-state index contributed by atoms with van der Waals surface area (Å²) >= 11 is 6.93. The number of anilines is 1. The summed E-state index contributed by atoms with van der Waals surface area (Å²) in [5, 5.41) is 13.0. The van der Waals surface area contributed by atoms with E-state index in [-0.39, 0.29) is 18.5 Å². The first-order chi connectivity index (χ1) is 8.56. The van der Waals surface area contributed by atoms with E-state index in [9.17, 15) is 5.11 Å². The summed E-state index contributed by atoms with van der Waals surface area (Å²) < 4.78 is 1.95. The summed E-state index contributed by atoms with van der Waals surface area (Å²) in [5.41, 5.74) is 7.93. The highest BCUT2D eigenvalue weighted by molar-refractivity contribution is 9.11. The number of halogens is 3. The van der Waals surface area contributed by atoms with E-state index < -0.39 is 0 Å². The highest BCUT2D eigenvalue weighted by atomic mass is 79.9. The van der Waals surface area contributed by atoms with Crippen LogP contribution in [0.25, 0.3) is 0 Å². The number of hydrogen-bond donors (Lipinski definition) is 3. The first-order valence-corrected chi connectivity index (χ1v) is 7.79. The Morgan fingerprint density at radius 1 is 1.21 bits per heavy atom. The molecule has 1 fully saturated rings. The molecular weight excluding hydrogens is 407 g/mol. The molecule has 0 aliphatic heterocycles. The zero-order valence-corrected chi connectivity index (χ0v) is 14.5. The minimum Gasteiger partial charge on any atom is -0.398 e. The molecule has 0 amide bonds. The lowest BCUT2D eigenvalue weighted by Gasteiger charge is -2.26. The average Bonchev–Trinajstić information content (AvgIpc) is 2.34. The maximum absolute atomic E-state index is 9.47. The van der Waals surface area contributed by atoms with Crippen LogP contribution in [-0.4, -0.2) is 17.3 Å². The van der Waals surface area contributed by atoms with E-state index in [0.29, 0.717) is 6.04 Å². The molecule has 1 saturated carbocycles. The zero-order chi connectivity index (χ0) is 13.1. The van der Waals surface area contributed by atoms with E-state index in [1.807, 2.05) is 12.1 Å². The molecule has 0 spiro atoms. The number of nitrogens with one attached hydrogen (secondary N) is 1. The fraction of sp³-hybridized carbons (Fsp3) is 0.538. The summed E-state index contributed by atoms with van der Waals surface area (Å²) in [4.78, 5) is 0. The van der Waals surface area contributed by atoms with Gasteiger partial charge in [0.15, 0.2) is 0 Å². The molecule has 0 saturated heterocycles. The Balaban J connectivity index is 0.00000180. The van der Waals surface area contributed by atoms with Gasteiger partial charge in [-0.3, -0.25) is 0 Å². The van der Waals surface area contributed by atoms with Gasteiger partial charge >= 0.3 is 0 Å². The monoisotopic (exact) mass is 424 g/mol. The maximum atomic E-state index is 9.47. The Bertz CT molecular complexity index is 423. The van der Waals surface area contributed by atoms with E-state index in [4.69, 9.17) is 5.73 Å². The number of benzene rings is 1. The SMILES string of the molecule is Cl.Nc1c(Br)cc(Br)cc1CN[14CH]1[14CH2][14CH2][14CH](O)[14CH2][14CH2]1. The smallest absolute Gasteiger partial charge is 0.0541 e. The van der Waals surface area contributed by atoms with Crippen molar-refractivity contribution in [3.05, 3.63) is 26.6 Å². The first kappa shape index (κ1) is 17.2. The molecule has 0 bridgehead atoms. The number of aliphatic hydroxyl groups is 1. The van der Waals surface area contributed by atoms with Gasteiger partial charge in [0.1, 0.15) is 0 Å². The van der Waals surface area contributed by atoms with Gasteiger partial charge in [-0.1, -0.05) is 15.9 Å². The molecule has 0 aromatic heterocycles. The lowest BCUT2D eigenvalue weighted by atomic mass is 10.2. The van der Waals surface area contributed by atoms with Crippen LogP contribution >= 0.6 is 44.3 Å². The summed E-state index contributed by atoms with van der Waals surface area (Å²) in [5.74, 6) is 0. The van der Waals surface area contributed by atoms with Crippen LogP contribution in [-0.2, 0) is 6.54 Å². The molecule has 1 aliphatic carbocycles. The molecule has 108 valence electrons. The highest BCUT2D eigenvalue weighted by Crippen LogP contribution is 2.28. The summed E-state index contributed by atoms with van der Waals surface area (Å²) in [7, 11) is 0. The molecule has 0 radical (unpaired) electrons. The van der Waals surface area contributed by atoms with Crippen LogP contribution in [0.1, 0.15) is 31.2 Å². The largest absolute Gasteiger partial charge is 0.398 e. The number of nitrogens with two attached hydrogens (primary N) is 1. The Kier molecular flexibility index (Phi) is 7.11. The lowest BCUT2D eigenvalue weighted by molar-refractivity contribution is 0.116. The van der Waals surface area contributed by atoms with Crippen molar-refractivity contribution < 1.29 is 5.11 Å². The number of hydrogen-bond acceptors (Lipinski definition) is 3. The lowest BCUT2D eigenvalue weighted by Crippen LogP contribution is -2.34. The van der Waals surface area contributed by atoms with Crippen molar-refractivity contribution >= 4 is 50.0 Å². The predicted octanol–water partition coefficient (Wildman–Crippen LogP) is 3.61. The van der Waals surface area contributed by atoms with Crippen molar-refractivity contribution in [2.24, 2.45) is 0 Å². The summed E-state index contributed by atoms with van der Waals surface area (Å²) in [6, 6.07) is 4.49. The Labute approximate surface area is 137 Å². The molecular formula is C13H19Br2ClN2O. The van der Waals surface area contributed by atoms with E-state index in [0.717, 1.165) is 52.4 Å². The Hall–Kier alpha value is 0.190. The van der Waals surface area contributed by atoms with Gasteiger partial charge in [-0.05, 0) is 59.3 Å². The molecule has 1 aliphatic rings. The Morgan fingerprint density at radius 3 is 2.47 bits per heavy atom. The molecule has 6 heteroatoms. The third kappa shape index (κ3) is 4.90. The summed E-state index contributed by atoms with van der Waals surface area (Å²) in [6.45, 7) is 0.768. The minimum absolute atomic E-state index is 0. The Morgan fingerprint density at radius 2 is 1.84 bits per heavy atom. The van der Waals surface area contributed by atoms with Crippen LogP contribution in [0.5, 0.6) is 0 Å². The van der Waals surface area contributed by atoms with Crippen LogP contribution in [0.15, 0.2) is 21.1 Å². The van der Waals surface area contributed by atoms with Gasteiger partial charge < -0.3 is 16.2 Å². The van der Waals surface area contributed by atoms with Gasteiger partial charge in [0, 0.05) is 21.5 Å². The van der Waals surface area contributed by atoms with Gasteiger partial charge in [-0.25, -0.2) is 0 Å². The molecule has 4 N–H and O–H groups in total. The zero-order valence-electron chi connectivity index (χ0n) is 10.5. The van der Waals surface area contributed by atoms with Gasteiger partial charge in [0.25, 0.3) is 0 Å². The molecule has 0 atom stereocenters. The van der Waals surface area contributed by atoms with E-state index in [1.165, 1.54) is 0 Å². The maximum Gasteiger partial charge on any atom is 0.0541 e. The third-order valence-electron chi connectivity index (χ3n) is 3.46. The van der Waals surface area contributed by atoms with Crippen molar-refractivity contribution in [1.29, 1.82) is 0 Å². The third-order valence-corrected chi connectivity index (χ3v) is 4.57. The van der Waals surface area contributed by atoms with E-state index >= 15 is 0 Å². The number of aliphatic hydroxyl groups excluding tert-OH is 1. The molecule has 1 aromatic rings. The van der Waals surface area contributed by atoms with Gasteiger partial charge in [0.2, 0.25) is 0 Å². The molecule has 0 heterocycles. The fourth-order valence-electron chi connectivity index (χ4n) is 2.32. The van der Waals surface area contributed by atoms with Crippen LogP contribution < -0.4 is 11.1 Å². The topological polar surface area (TPSA) is 58.3 Å². The van der Waals surface area contributed by atoms with Crippen molar-refractivity contribution in [3.8, 4) is 0 Å². The van der Waals surface area contributed by atoms with E-state index in [2.05, 4.69) is 37.2 Å². The average molecular weight is 427 g/mol. The quantitative estimate of drug-likeness (QED) is 0.648. The molecule has 3 nitrogen and oxygen atoms in total. The van der Waals surface area contributed by atoms with Crippen LogP contribution in [0.2, 0.25) is 0 Å². The standard InChI is InChI=1S/C13H18Br2N2O.ClH/c14-9-5-8(13(16)12(15)6-9)7-17-10-1-3-11(18)4-2-10;/h5-6,10-11,17-18H,1-4,7,16H2;1H/i1+2,2+2,3+2,4+2,10+2,11+2;. The second-order valence-corrected chi connectivity index (χ2v) is 6.62. The normalized spacial score (nSPS) is 22.9. The van der Waals surface area contributed by atoms with E-state index in [1.54, 1.807) is 0 Å². The number of nitrogen functional groups attached to an aromatic ring is 1. The van der Waals surface area contributed by atoms with Crippen molar-refractivity contribution in [1.82, 2.24) is 5.32 Å². The van der Waals surface area contributed by atoms with Crippen LogP contribution in [0.3, 0.4) is 0 Å². The van der Waals surface area contributed by atoms with Crippen molar-refractivity contribution in [2.45, 2.75) is 44.4 Å². The number of rotatable bonds is 3. The van der Waals surface area contributed by atoms with Crippen molar-refractivity contribution in [2.75, 3.05) is 5.73 Å². The second kappa shape index (κ2) is 7.84. The molecule has 2 rings (SSSR count).